The third-order valence-corrected chi connectivity index (χ3v) is 5.92. The predicted octanol–water partition coefficient (Wildman–Crippen LogP) is 5.24. The van der Waals surface area contributed by atoms with E-state index in [0.29, 0.717) is 6.42 Å². The number of halogens is 1. The molecule has 0 aliphatic rings. The molecule has 168 valence electrons. The van der Waals surface area contributed by atoms with Gasteiger partial charge in [0.2, 0.25) is 11.8 Å². The SMILES string of the molecule is CCC(C)NC(=O)C(C)N(Cc1ccc(F)cc1)C(=O)CCc1cccc2ccccc12. The van der Waals surface area contributed by atoms with E-state index in [4.69, 9.17) is 0 Å². The summed E-state index contributed by atoms with van der Waals surface area (Å²) in [7, 11) is 0. The molecule has 0 saturated carbocycles. The average Bonchev–Trinajstić information content (AvgIpc) is 2.81. The Balaban J connectivity index is 1.78. The maximum atomic E-state index is 13.3. The summed E-state index contributed by atoms with van der Waals surface area (Å²) in [5.41, 5.74) is 1.89. The van der Waals surface area contributed by atoms with Crippen molar-refractivity contribution >= 4 is 22.6 Å². The molecular formula is C27H31FN2O2. The van der Waals surface area contributed by atoms with E-state index >= 15 is 0 Å². The topological polar surface area (TPSA) is 49.4 Å². The first-order valence-electron chi connectivity index (χ1n) is 11.2. The van der Waals surface area contributed by atoms with Gasteiger partial charge >= 0.3 is 0 Å². The highest BCUT2D eigenvalue weighted by Gasteiger charge is 2.26. The van der Waals surface area contributed by atoms with Crippen LogP contribution >= 0.6 is 0 Å². The second-order valence-electron chi connectivity index (χ2n) is 8.28. The quantitative estimate of drug-likeness (QED) is 0.500. The molecule has 0 bridgehead atoms. The lowest BCUT2D eigenvalue weighted by Crippen LogP contribution is -2.49. The molecule has 2 atom stereocenters. The fourth-order valence-corrected chi connectivity index (χ4v) is 3.73. The van der Waals surface area contributed by atoms with E-state index in [0.717, 1.165) is 28.3 Å². The van der Waals surface area contributed by atoms with Gasteiger partial charge in [-0.25, -0.2) is 4.39 Å². The Labute approximate surface area is 189 Å². The molecule has 0 saturated heterocycles. The number of nitrogens with one attached hydrogen (secondary N) is 1. The number of aryl methyl sites for hydroxylation is 1. The van der Waals surface area contributed by atoms with Gasteiger partial charge in [-0.05, 0) is 60.7 Å². The largest absolute Gasteiger partial charge is 0.352 e. The average molecular weight is 435 g/mol. The maximum Gasteiger partial charge on any atom is 0.242 e. The van der Waals surface area contributed by atoms with Crippen molar-refractivity contribution in [2.45, 2.75) is 58.7 Å². The van der Waals surface area contributed by atoms with Crippen molar-refractivity contribution in [2.24, 2.45) is 0 Å². The van der Waals surface area contributed by atoms with Gasteiger partial charge in [-0.15, -0.1) is 0 Å². The van der Waals surface area contributed by atoms with Gasteiger partial charge in [-0.2, -0.15) is 0 Å². The lowest BCUT2D eigenvalue weighted by molar-refractivity contribution is -0.140. The first kappa shape index (κ1) is 23.5. The Morgan fingerprint density at radius 1 is 0.969 bits per heavy atom. The van der Waals surface area contributed by atoms with Crippen molar-refractivity contribution in [3.63, 3.8) is 0 Å². The monoisotopic (exact) mass is 434 g/mol. The van der Waals surface area contributed by atoms with Crippen LogP contribution in [0.15, 0.2) is 66.7 Å². The smallest absolute Gasteiger partial charge is 0.242 e. The molecule has 0 aliphatic carbocycles. The Hall–Kier alpha value is -3.21. The van der Waals surface area contributed by atoms with Crippen LogP contribution in [0, 0.1) is 5.82 Å². The number of fused-ring (bicyclic) bond motifs is 1. The van der Waals surface area contributed by atoms with Crippen LogP contribution in [0.2, 0.25) is 0 Å². The maximum absolute atomic E-state index is 13.3. The lowest BCUT2D eigenvalue weighted by Gasteiger charge is -2.30. The number of hydrogen-bond acceptors (Lipinski definition) is 2. The van der Waals surface area contributed by atoms with Crippen LogP contribution in [-0.4, -0.2) is 28.8 Å². The predicted molar refractivity (Wildman–Crippen MR) is 127 cm³/mol. The van der Waals surface area contributed by atoms with Crippen LogP contribution in [0.5, 0.6) is 0 Å². The van der Waals surface area contributed by atoms with E-state index in [2.05, 4.69) is 23.5 Å². The van der Waals surface area contributed by atoms with Crippen LogP contribution in [0.3, 0.4) is 0 Å². The molecule has 2 unspecified atom stereocenters. The number of rotatable bonds is 9. The third-order valence-electron chi connectivity index (χ3n) is 5.92. The molecule has 0 aromatic heterocycles. The molecule has 3 aromatic carbocycles. The number of nitrogens with zero attached hydrogens (tertiary/aromatic N) is 1. The van der Waals surface area contributed by atoms with Gasteiger partial charge in [-0.1, -0.05) is 61.5 Å². The first-order chi connectivity index (χ1) is 15.4. The fourth-order valence-electron chi connectivity index (χ4n) is 3.73. The van der Waals surface area contributed by atoms with E-state index in [-0.39, 0.29) is 36.6 Å². The Kier molecular flexibility index (Phi) is 7.98. The van der Waals surface area contributed by atoms with Crippen LogP contribution in [0.1, 0.15) is 44.7 Å². The third kappa shape index (κ3) is 5.94. The van der Waals surface area contributed by atoms with Gasteiger partial charge in [0, 0.05) is 19.0 Å². The van der Waals surface area contributed by atoms with Crippen molar-refractivity contribution in [3.05, 3.63) is 83.7 Å². The second-order valence-corrected chi connectivity index (χ2v) is 8.28. The number of benzene rings is 3. The van der Waals surface area contributed by atoms with Crippen LogP contribution in [0.25, 0.3) is 10.8 Å². The summed E-state index contributed by atoms with van der Waals surface area (Å²) in [5, 5.41) is 5.24. The molecular weight excluding hydrogens is 403 g/mol. The van der Waals surface area contributed by atoms with Crippen LogP contribution in [-0.2, 0) is 22.6 Å². The number of carbonyl (C=O) groups is 2. The van der Waals surface area contributed by atoms with E-state index < -0.39 is 6.04 Å². The number of carbonyl (C=O) groups excluding carboxylic acids is 2. The van der Waals surface area contributed by atoms with Crippen molar-refractivity contribution in [1.82, 2.24) is 10.2 Å². The van der Waals surface area contributed by atoms with Gasteiger partial charge in [-0.3, -0.25) is 9.59 Å². The second kappa shape index (κ2) is 10.9. The molecule has 32 heavy (non-hydrogen) atoms. The summed E-state index contributed by atoms with van der Waals surface area (Å²) in [6, 6.07) is 19.7. The first-order valence-corrected chi connectivity index (χ1v) is 11.2. The van der Waals surface area contributed by atoms with Crippen LogP contribution in [0.4, 0.5) is 4.39 Å². The standard InChI is InChI=1S/C27H31FN2O2/c1-4-19(2)29-27(32)20(3)30(18-21-12-15-24(28)16-13-21)26(31)17-14-23-10-7-9-22-8-5-6-11-25(22)23/h5-13,15-16,19-20H,4,14,17-18H2,1-3H3,(H,29,32). The number of amides is 2. The summed E-state index contributed by atoms with van der Waals surface area (Å²) in [6.07, 6.45) is 1.68. The lowest BCUT2D eigenvalue weighted by atomic mass is 10.0. The fraction of sp³-hybridized carbons (Fsp3) is 0.333. The molecule has 1 N–H and O–H groups in total. The normalized spacial score (nSPS) is 12.9. The van der Waals surface area contributed by atoms with Gasteiger partial charge in [0.15, 0.2) is 0 Å². The Bertz CT molecular complexity index is 1060. The van der Waals surface area contributed by atoms with E-state index in [1.807, 2.05) is 38.1 Å². The molecule has 5 heteroatoms. The molecule has 0 fully saturated rings. The minimum absolute atomic E-state index is 0.0309. The molecule has 0 spiro atoms. The van der Waals surface area contributed by atoms with Crippen molar-refractivity contribution in [3.8, 4) is 0 Å². The zero-order valence-electron chi connectivity index (χ0n) is 19.0. The highest BCUT2D eigenvalue weighted by Crippen LogP contribution is 2.21. The zero-order valence-corrected chi connectivity index (χ0v) is 19.0. The van der Waals surface area contributed by atoms with E-state index in [1.54, 1.807) is 24.0 Å². The summed E-state index contributed by atoms with van der Waals surface area (Å²) < 4.78 is 13.3. The highest BCUT2D eigenvalue weighted by atomic mass is 19.1. The molecule has 4 nitrogen and oxygen atoms in total. The summed E-state index contributed by atoms with van der Waals surface area (Å²) >= 11 is 0. The zero-order chi connectivity index (χ0) is 23.1. The molecule has 0 radical (unpaired) electrons. The highest BCUT2D eigenvalue weighted by molar-refractivity contribution is 5.89. The van der Waals surface area contributed by atoms with Crippen molar-refractivity contribution in [1.29, 1.82) is 0 Å². The molecule has 3 aromatic rings. The molecule has 2 amide bonds. The van der Waals surface area contributed by atoms with E-state index in [9.17, 15) is 14.0 Å². The molecule has 3 rings (SSSR count). The van der Waals surface area contributed by atoms with Crippen molar-refractivity contribution in [2.75, 3.05) is 0 Å². The summed E-state index contributed by atoms with van der Waals surface area (Å²) in [6.45, 7) is 5.94. The number of hydrogen-bond donors (Lipinski definition) is 1. The van der Waals surface area contributed by atoms with Gasteiger partial charge in [0.1, 0.15) is 11.9 Å². The Morgan fingerprint density at radius 3 is 2.38 bits per heavy atom. The summed E-state index contributed by atoms with van der Waals surface area (Å²) in [4.78, 5) is 27.7. The van der Waals surface area contributed by atoms with Gasteiger partial charge in [0.25, 0.3) is 0 Å². The molecule has 0 heterocycles. The van der Waals surface area contributed by atoms with Crippen molar-refractivity contribution < 1.29 is 14.0 Å². The summed E-state index contributed by atoms with van der Waals surface area (Å²) in [5.74, 6) is -0.612. The van der Waals surface area contributed by atoms with Gasteiger partial charge < -0.3 is 10.2 Å². The Morgan fingerprint density at radius 2 is 1.66 bits per heavy atom. The van der Waals surface area contributed by atoms with E-state index in [1.165, 1.54) is 12.1 Å². The minimum atomic E-state index is -0.630. The molecule has 0 aliphatic heterocycles. The minimum Gasteiger partial charge on any atom is -0.352 e. The van der Waals surface area contributed by atoms with Crippen LogP contribution < -0.4 is 5.32 Å². The van der Waals surface area contributed by atoms with Gasteiger partial charge in [0.05, 0.1) is 0 Å².